The fourth-order valence-corrected chi connectivity index (χ4v) is 3.56. The van der Waals surface area contributed by atoms with Crippen molar-refractivity contribution in [3.63, 3.8) is 0 Å². The van der Waals surface area contributed by atoms with Crippen LogP contribution < -0.4 is 0 Å². The Kier molecular flexibility index (Phi) is 5.88. The van der Waals surface area contributed by atoms with Gasteiger partial charge >= 0.3 is 0 Å². The van der Waals surface area contributed by atoms with Gasteiger partial charge in [0.2, 0.25) is 0 Å². The highest BCUT2D eigenvalue weighted by Gasteiger charge is 2.50. The van der Waals surface area contributed by atoms with Gasteiger partial charge in [-0.25, -0.2) is 0 Å². The molecule has 0 amide bonds. The third kappa shape index (κ3) is 4.19. The van der Waals surface area contributed by atoms with E-state index in [0.717, 1.165) is 25.8 Å². The molecule has 3 aliphatic rings. The fourth-order valence-electron chi connectivity index (χ4n) is 3.56. The first kappa shape index (κ1) is 16.3. The zero-order valence-electron chi connectivity index (χ0n) is 14.0. The summed E-state index contributed by atoms with van der Waals surface area (Å²) in [5.41, 5.74) is 0.479. The minimum absolute atomic E-state index is 0.479. The molecule has 20 heavy (non-hydrogen) atoms. The Labute approximate surface area is 125 Å². The van der Waals surface area contributed by atoms with E-state index in [1.807, 2.05) is 0 Å². The summed E-state index contributed by atoms with van der Waals surface area (Å²) in [4.78, 5) is 5.17. The van der Waals surface area contributed by atoms with Crippen molar-refractivity contribution < 1.29 is 4.74 Å². The molecule has 118 valence electrons. The average Bonchev–Trinajstić information content (AvgIpc) is 3.20. The van der Waals surface area contributed by atoms with Crippen LogP contribution in [-0.2, 0) is 4.74 Å². The number of piperidine rings is 1. The molecule has 0 unspecified atom stereocenters. The summed E-state index contributed by atoms with van der Waals surface area (Å²) in [6, 6.07) is 1.46. The quantitative estimate of drug-likeness (QED) is 0.774. The minimum atomic E-state index is 0.479. The number of hydrogen-bond acceptors (Lipinski definition) is 3. The standard InChI is InChI=1S/C9H17NO.C8H17N/c1-8(2)10-5-6-11-7-9(10)3-4-9;1-8(2)9-6-4-3-5-7-9/h8H,3-7H2,1-2H3;8H,3-7H2,1-2H3. The summed E-state index contributed by atoms with van der Waals surface area (Å²) in [7, 11) is 0. The molecule has 0 atom stereocenters. The minimum Gasteiger partial charge on any atom is -0.378 e. The van der Waals surface area contributed by atoms with Gasteiger partial charge < -0.3 is 9.64 Å². The maximum atomic E-state index is 5.49. The third-order valence-electron chi connectivity index (χ3n) is 5.03. The molecule has 3 heteroatoms. The van der Waals surface area contributed by atoms with Crippen LogP contribution >= 0.6 is 0 Å². The molecule has 2 heterocycles. The Hall–Kier alpha value is -0.120. The van der Waals surface area contributed by atoms with Crippen LogP contribution in [0.15, 0.2) is 0 Å². The maximum absolute atomic E-state index is 5.49. The molecule has 0 aromatic rings. The SMILES string of the molecule is CC(C)N1CCCCC1.CC(C)N1CCOCC12CC2. The van der Waals surface area contributed by atoms with Gasteiger partial charge in [-0.1, -0.05) is 6.42 Å². The number of nitrogens with zero attached hydrogens (tertiary/aromatic N) is 2. The highest BCUT2D eigenvalue weighted by atomic mass is 16.5. The highest BCUT2D eigenvalue weighted by Crippen LogP contribution is 2.44. The number of ether oxygens (including phenoxy) is 1. The lowest BCUT2D eigenvalue weighted by molar-refractivity contribution is -0.0350. The lowest BCUT2D eigenvalue weighted by atomic mass is 10.1. The van der Waals surface area contributed by atoms with Crippen LogP contribution in [0.25, 0.3) is 0 Å². The van der Waals surface area contributed by atoms with E-state index in [2.05, 4.69) is 37.5 Å². The van der Waals surface area contributed by atoms with Crippen LogP contribution in [0.2, 0.25) is 0 Å². The van der Waals surface area contributed by atoms with Crippen molar-refractivity contribution >= 4 is 0 Å². The molecule has 0 radical (unpaired) electrons. The van der Waals surface area contributed by atoms with Gasteiger partial charge in [0.15, 0.2) is 0 Å². The number of hydrogen-bond donors (Lipinski definition) is 0. The summed E-state index contributed by atoms with van der Waals surface area (Å²) in [5, 5.41) is 0. The predicted molar refractivity (Wildman–Crippen MR) is 85.2 cm³/mol. The van der Waals surface area contributed by atoms with E-state index in [9.17, 15) is 0 Å². The van der Waals surface area contributed by atoms with Gasteiger partial charge in [-0.15, -0.1) is 0 Å². The third-order valence-corrected chi connectivity index (χ3v) is 5.03. The molecule has 0 aromatic heterocycles. The zero-order chi connectivity index (χ0) is 14.6. The maximum Gasteiger partial charge on any atom is 0.0651 e. The average molecular weight is 282 g/mol. The van der Waals surface area contributed by atoms with Crippen LogP contribution in [0.5, 0.6) is 0 Å². The largest absolute Gasteiger partial charge is 0.378 e. The van der Waals surface area contributed by atoms with Gasteiger partial charge in [-0.3, -0.25) is 4.90 Å². The van der Waals surface area contributed by atoms with Crippen molar-refractivity contribution in [3.05, 3.63) is 0 Å². The van der Waals surface area contributed by atoms with Crippen LogP contribution in [0, 0.1) is 0 Å². The van der Waals surface area contributed by atoms with E-state index in [1.165, 1.54) is 45.2 Å². The number of likely N-dealkylation sites (tertiary alicyclic amines) is 1. The van der Waals surface area contributed by atoms with E-state index < -0.39 is 0 Å². The summed E-state index contributed by atoms with van der Waals surface area (Å²) in [6.45, 7) is 14.8. The number of morpholine rings is 1. The van der Waals surface area contributed by atoms with Crippen LogP contribution in [0.1, 0.15) is 59.8 Å². The summed E-state index contributed by atoms with van der Waals surface area (Å²) < 4.78 is 5.49. The molecule has 1 saturated carbocycles. The Morgan fingerprint density at radius 1 is 0.850 bits per heavy atom. The van der Waals surface area contributed by atoms with Gasteiger partial charge in [-0.05, 0) is 66.5 Å². The van der Waals surface area contributed by atoms with Gasteiger partial charge in [0.05, 0.1) is 13.2 Å². The lowest BCUT2D eigenvalue weighted by Gasteiger charge is -2.38. The van der Waals surface area contributed by atoms with E-state index in [0.29, 0.717) is 11.6 Å². The molecular weight excluding hydrogens is 248 g/mol. The molecule has 3 fully saturated rings. The smallest absolute Gasteiger partial charge is 0.0651 e. The lowest BCUT2D eigenvalue weighted by Crippen LogP contribution is -2.50. The van der Waals surface area contributed by atoms with Crippen LogP contribution in [-0.4, -0.2) is 60.3 Å². The molecule has 3 nitrogen and oxygen atoms in total. The van der Waals surface area contributed by atoms with Gasteiger partial charge in [0.25, 0.3) is 0 Å². The summed E-state index contributed by atoms with van der Waals surface area (Å²) in [6.07, 6.45) is 6.98. The van der Waals surface area contributed by atoms with Gasteiger partial charge in [0.1, 0.15) is 0 Å². The second kappa shape index (κ2) is 7.24. The zero-order valence-corrected chi connectivity index (χ0v) is 14.0. The first-order valence-electron chi connectivity index (χ1n) is 8.64. The molecule has 0 bridgehead atoms. The van der Waals surface area contributed by atoms with E-state index >= 15 is 0 Å². The van der Waals surface area contributed by atoms with Crippen molar-refractivity contribution in [3.8, 4) is 0 Å². The Morgan fingerprint density at radius 3 is 1.90 bits per heavy atom. The van der Waals surface area contributed by atoms with Crippen LogP contribution in [0.3, 0.4) is 0 Å². The van der Waals surface area contributed by atoms with Gasteiger partial charge in [0, 0.05) is 24.2 Å². The summed E-state index contributed by atoms with van der Waals surface area (Å²) in [5.74, 6) is 0. The molecule has 2 saturated heterocycles. The molecule has 0 N–H and O–H groups in total. The highest BCUT2D eigenvalue weighted by molar-refractivity contribution is 5.06. The second-order valence-corrected chi connectivity index (χ2v) is 7.25. The van der Waals surface area contributed by atoms with Crippen LogP contribution in [0.4, 0.5) is 0 Å². The molecule has 3 rings (SSSR count). The first-order valence-corrected chi connectivity index (χ1v) is 8.64. The normalized spacial score (nSPS) is 26.7. The molecule has 2 aliphatic heterocycles. The van der Waals surface area contributed by atoms with E-state index in [4.69, 9.17) is 4.74 Å². The fraction of sp³-hybridized carbons (Fsp3) is 1.00. The Balaban J connectivity index is 0.000000151. The molecule has 1 spiro atoms. The summed E-state index contributed by atoms with van der Waals surface area (Å²) >= 11 is 0. The van der Waals surface area contributed by atoms with Crippen molar-refractivity contribution in [2.75, 3.05) is 32.8 Å². The number of rotatable bonds is 2. The van der Waals surface area contributed by atoms with Crippen molar-refractivity contribution in [2.24, 2.45) is 0 Å². The second-order valence-electron chi connectivity index (χ2n) is 7.25. The molecule has 0 aromatic carbocycles. The Morgan fingerprint density at radius 2 is 1.50 bits per heavy atom. The topological polar surface area (TPSA) is 15.7 Å². The van der Waals surface area contributed by atoms with Crippen molar-refractivity contribution in [2.45, 2.75) is 77.4 Å². The van der Waals surface area contributed by atoms with Gasteiger partial charge in [-0.2, -0.15) is 0 Å². The van der Waals surface area contributed by atoms with E-state index in [-0.39, 0.29) is 0 Å². The monoisotopic (exact) mass is 282 g/mol. The predicted octanol–water partition coefficient (Wildman–Crippen LogP) is 3.14. The Bertz CT molecular complexity index is 281. The van der Waals surface area contributed by atoms with Crippen molar-refractivity contribution in [1.82, 2.24) is 9.80 Å². The van der Waals surface area contributed by atoms with E-state index in [1.54, 1.807) is 0 Å². The molecule has 1 aliphatic carbocycles. The van der Waals surface area contributed by atoms with Crippen molar-refractivity contribution in [1.29, 1.82) is 0 Å². The first-order chi connectivity index (χ1) is 9.55. The molecular formula is C17H34N2O.